The van der Waals surface area contributed by atoms with E-state index in [1.54, 1.807) is 23.5 Å². The van der Waals surface area contributed by atoms with Gasteiger partial charge >= 0.3 is 0 Å². The first kappa shape index (κ1) is 12.7. The van der Waals surface area contributed by atoms with E-state index in [0.717, 1.165) is 28.9 Å². The molecule has 0 amide bonds. The van der Waals surface area contributed by atoms with Gasteiger partial charge in [-0.15, -0.1) is 11.3 Å². The number of hydrogen-bond acceptors (Lipinski definition) is 2. The minimum absolute atomic E-state index is 0.163. The van der Waals surface area contributed by atoms with Crippen molar-refractivity contribution in [1.29, 1.82) is 0 Å². The fourth-order valence-electron chi connectivity index (χ4n) is 1.60. The van der Waals surface area contributed by atoms with E-state index in [2.05, 4.69) is 32.7 Å². The monoisotopic (exact) mass is 313 g/mol. The summed E-state index contributed by atoms with van der Waals surface area (Å²) in [7, 11) is 0. The lowest BCUT2D eigenvalue weighted by molar-refractivity contribution is 0.622. The third kappa shape index (κ3) is 4.22. The van der Waals surface area contributed by atoms with Crippen LogP contribution < -0.4 is 5.32 Å². The fourth-order valence-corrected chi connectivity index (χ4v) is 2.81. The molecule has 0 unspecified atom stereocenters. The van der Waals surface area contributed by atoms with Crippen LogP contribution in [0.1, 0.15) is 11.1 Å². The van der Waals surface area contributed by atoms with Gasteiger partial charge in [-0.1, -0.05) is 12.1 Å². The Hall–Kier alpha value is -0.710. The maximum atomic E-state index is 12.9. The van der Waals surface area contributed by atoms with E-state index < -0.39 is 0 Å². The molecule has 90 valence electrons. The maximum absolute atomic E-state index is 12.9. The molecule has 0 atom stereocenters. The van der Waals surface area contributed by atoms with Crippen LogP contribution >= 0.6 is 27.3 Å². The van der Waals surface area contributed by atoms with Crippen LogP contribution in [0.5, 0.6) is 0 Å². The molecule has 17 heavy (non-hydrogen) atoms. The molecule has 0 saturated heterocycles. The first-order valence-corrected chi connectivity index (χ1v) is 7.09. The smallest absolute Gasteiger partial charge is 0.123 e. The quantitative estimate of drug-likeness (QED) is 0.823. The standard InChI is InChI=1S/C13H13BrFNS/c14-13-7-11(9-17-13)8-16-5-4-10-2-1-3-12(15)6-10/h1-3,6-7,9,16H,4-5,8H2. The van der Waals surface area contributed by atoms with Gasteiger partial charge in [-0.05, 0) is 63.6 Å². The number of halogens is 2. The normalized spacial score (nSPS) is 10.7. The predicted octanol–water partition coefficient (Wildman–Crippen LogP) is 3.98. The van der Waals surface area contributed by atoms with Gasteiger partial charge in [-0.3, -0.25) is 0 Å². The first-order valence-electron chi connectivity index (χ1n) is 5.42. The number of nitrogens with one attached hydrogen (secondary N) is 1. The van der Waals surface area contributed by atoms with E-state index >= 15 is 0 Å². The molecular formula is C13H13BrFNS. The maximum Gasteiger partial charge on any atom is 0.123 e. The van der Waals surface area contributed by atoms with Gasteiger partial charge in [0.05, 0.1) is 3.79 Å². The van der Waals surface area contributed by atoms with Crippen molar-refractivity contribution >= 4 is 27.3 Å². The Morgan fingerprint density at radius 2 is 2.12 bits per heavy atom. The first-order chi connectivity index (χ1) is 8.24. The molecule has 0 spiro atoms. The molecule has 0 aliphatic heterocycles. The molecular weight excluding hydrogens is 301 g/mol. The largest absolute Gasteiger partial charge is 0.312 e. The molecule has 2 aromatic rings. The highest BCUT2D eigenvalue weighted by atomic mass is 79.9. The molecule has 1 aromatic carbocycles. The average molecular weight is 314 g/mol. The number of hydrogen-bond donors (Lipinski definition) is 1. The van der Waals surface area contributed by atoms with Crippen LogP contribution in [0.4, 0.5) is 4.39 Å². The van der Waals surface area contributed by atoms with Gasteiger partial charge < -0.3 is 5.32 Å². The highest BCUT2D eigenvalue weighted by Crippen LogP contribution is 2.20. The molecule has 1 heterocycles. The molecule has 0 aliphatic carbocycles. The van der Waals surface area contributed by atoms with Gasteiger partial charge in [0.2, 0.25) is 0 Å². The lowest BCUT2D eigenvalue weighted by Gasteiger charge is -2.03. The number of thiophene rings is 1. The molecule has 0 aliphatic rings. The van der Waals surface area contributed by atoms with Gasteiger partial charge in [0.1, 0.15) is 5.82 Å². The van der Waals surface area contributed by atoms with Crippen molar-refractivity contribution in [1.82, 2.24) is 5.32 Å². The molecule has 4 heteroatoms. The Morgan fingerprint density at radius 1 is 1.24 bits per heavy atom. The third-order valence-corrected chi connectivity index (χ3v) is 3.98. The van der Waals surface area contributed by atoms with Gasteiger partial charge in [0, 0.05) is 6.54 Å². The van der Waals surface area contributed by atoms with E-state index in [4.69, 9.17) is 0 Å². The molecule has 0 saturated carbocycles. The molecule has 2 rings (SSSR count). The van der Waals surface area contributed by atoms with Crippen molar-refractivity contribution in [2.75, 3.05) is 6.54 Å². The van der Waals surface area contributed by atoms with Crippen LogP contribution in [-0.4, -0.2) is 6.54 Å². The zero-order chi connectivity index (χ0) is 12.1. The van der Waals surface area contributed by atoms with Crippen LogP contribution in [-0.2, 0) is 13.0 Å². The van der Waals surface area contributed by atoms with Crippen molar-refractivity contribution in [2.45, 2.75) is 13.0 Å². The fraction of sp³-hybridized carbons (Fsp3) is 0.231. The van der Waals surface area contributed by atoms with Gasteiger partial charge in [0.15, 0.2) is 0 Å². The summed E-state index contributed by atoms with van der Waals surface area (Å²) in [4.78, 5) is 0. The highest BCUT2D eigenvalue weighted by molar-refractivity contribution is 9.11. The second kappa shape index (κ2) is 6.28. The Balaban J connectivity index is 1.73. The molecule has 1 N–H and O–H groups in total. The second-order valence-corrected chi connectivity index (χ2v) is 6.11. The minimum atomic E-state index is -0.163. The summed E-state index contributed by atoms with van der Waals surface area (Å²) >= 11 is 5.12. The molecule has 0 bridgehead atoms. The topological polar surface area (TPSA) is 12.0 Å². The van der Waals surface area contributed by atoms with E-state index in [1.165, 1.54) is 11.6 Å². The summed E-state index contributed by atoms with van der Waals surface area (Å²) in [5.41, 5.74) is 2.31. The minimum Gasteiger partial charge on any atom is -0.312 e. The number of rotatable bonds is 5. The Bertz CT molecular complexity index is 484. The van der Waals surface area contributed by atoms with Gasteiger partial charge in [-0.2, -0.15) is 0 Å². The van der Waals surface area contributed by atoms with Crippen LogP contribution in [0.15, 0.2) is 39.5 Å². The molecule has 1 aromatic heterocycles. The van der Waals surface area contributed by atoms with Crippen LogP contribution in [0.3, 0.4) is 0 Å². The average Bonchev–Trinajstić information content (AvgIpc) is 2.71. The molecule has 0 radical (unpaired) electrons. The molecule has 0 fully saturated rings. The Labute approximate surface area is 113 Å². The zero-order valence-corrected chi connectivity index (χ0v) is 11.7. The van der Waals surface area contributed by atoms with Gasteiger partial charge in [0.25, 0.3) is 0 Å². The summed E-state index contributed by atoms with van der Waals surface area (Å²) in [6.07, 6.45) is 0.850. The SMILES string of the molecule is Fc1cccc(CCNCc2csc(Br)c2)c1. The Morgan fingerprint density at radius 3 is 2.82 bits per heavy atom. The van der Waals surface area contributed by atoms with E-state index in [0.29, 0.717) is 0 Å². The van der Waals surface area contributed by atoms with Crippen LogP contribution in [0.25, 0.3) is 0 Å². The summed E-state index contributed by atoms with van der Waals surface area (Å²) in [6.45, 7) is 1.72. The van der Waals surface area contributed by atoms with E-state index in [1.807, 2.05) is 6.07 Å². The van der Waals surface area contributed by atoms with Crippen molar-refractivity contribution in [3.05, 3.63) is 56.4 Å². The second-order valence-electron chi connectivity index (χ2n) is 3.82. The molecule has 1 nitrogen and oxygen atoms in total. The van der Waals surface area contributed by atoms with Crippen molar-refractivity contribution in [3.8, 4) is 0 Å². The van der Waals surface area contributed by atoms with Crippen LogP contribution in [0, 0.1) is 5.82 Å². The Kier molecular flexibility index (Phi) is 4.71. The summed E-state index contributed by atoms with van der Waals surface area (Å²) in [5.74, 6) is -0.163. The van der Waals surface area contributed by atoms with Gasteiger partial charge in [-0.25, -0.2) is 4.39 Å². The highest BCUT2D eigenvalue weighted by Gasteiger charge is 1.98. The van der Waals surface area contributed by atoms with Crippen molar-refractivity contribution in [3.63, 3.8) is 0 Å². The summed E-state index contributed by atoms with van der Waals surface area (Å²) in [5, 5.41) is 5.47. The third-order valence-electron chi connectivity index (χ3n) is 2.43. The van der Waals surface area contributed by atoms with Crippen molar-refractivity contribution < 1.29 is 4.39 Å². The summed E-state index contributed by atoms with van der Waals surface area (Å²) < 4.78 is 14.1. The van der Waals surface area contributed by atoms with E-state index in [-0.39, 0.29) is 5.82 Å². The zero-order valence-electron chi connectivity index (χ0n) is 9.25. The number of benzene rings is 1. The summed E-state index contributed by atoms with van der Waals surface area (Å²) in [6, 6.07) is 8.87. The van der Waals surface area contributed by atoms with Crippen molar-refractivity contribution in [2.24, 2.45) is 0 Å². The van der Waals surface area contributed by atoms with Crippen LogP contribution in [0.2, 0.25) is 0 Å². The lowest BCUT2D eigenvalue weighted by atomic mass is 10.1. The predicted molar refractivity (Wildman–Crippen MR) is 73.8 cm³/mol. The van der Waals surface area contributed by atoms with E-state index in [9.17, 15) is 4.39 Å². The lowest BCUT2D eigenvalue weighted by Crippen LogP contribution is -2.16.